The van der Waals surface area contributed by atoms with E-state index in [-0.39, 0.29) is 11.8 Å². The average molecular weight is 305 g/mol. The van der Waals surface area contributed by atoms with Gasteiger partial charge in [0.15, 0.2) is 0 Å². The zero-order chi connectivity index (χ0) is 15.8. The standard InChI is InChI=1S/C19H19N3O/c1-13-10-11-16-20-17(14-6-3-2-4-7-14)18(22(16)12-13)21-19(23)15-8-5-9-15/h2-4,6-7,10-12,15H,5,8-9H2,1H3,(H,21,23). The molecule has 0 saturated heterocycles. The molecule has 0 bridgehead atoms. The number of amides is 1. The van der Waals surface area contributed by atoms with Crippen LogP contribution in [0.4, 0.5) is 5.82 Å². The number of hydrogen-bond donors (Lipinski definition) is 1. The van der Waals surface area contributed by atoms with Crippen molar-refractivity contribution in [3.63, 3.8) is 0 Å². The van der Waals surface area contributed by atoms with Crippen molar-refractivity contribution in [1.29, 1.82) is 0 Å². The molecule has 3 aromatic rings. The van der Waals surface area contributed by atoms with Crippen molar-refractivity contribution in [2.75, 3.05) is 5.32 Å². The van der Waals surface area contributed by atoms with Gasteiger partial charge in [-0.05, 0) is 31.4 Å². The highest BCUT2D eigenvalue weighted by Gasteiger charge is 2.27. The van der Waals surface area contributed by atoms with Crippen LogP contribution in [0.5, 0.6) is 0 Å². The molecule has 1 amide bonds. The molecule has 0 unspecified atom stereocenters. The third-order valence-electron chi connectivity index (χ3n) is 4.53. The molecule has 1 aliphatic rings. The van der Waals surface area contributed by atoms with Crippen LogP contribution in [0.3, 0.4) is 0 Å². The lowest BCUT2D eigenvalue weighted by atomic mass is 9.85. The first-order valence-corrected chi connectivity index (χ1v) is 8.07. The Kier molecular flexibility index (Phi) is 3.37. The van der Waals surface area contributed by atoms with Gasteiger partial charge in [-0.1, -0.05) is 42.8 Å². The molecule has 1 N–H and O–H groups in total. The summed E-state index contributed by atoms with van der Waals surface area (Å²) in [5.41, 5.74) is 3.81. The van der Waals surface area contributed by atoms with Crippen molar-refractivity contribution in [2.24, 2.45) is 5.92 Å². The molecular weight excluding hydrogens is 286 g/mol. The molecule has 0 radical (unpaired) electrons. The fourth-order valence-electron chi connectivity index (χ4n) is 2.96. The van der Waals surface area contributed by atoms with Gasteiger partial charge in [-0.2, -0.15) is 0 Å². The molecular formula is C19H19N3O. The molecule has 4 nitrogen and oxygen atoms in total. The van der Waals surface area contributed by atoms with E-state index >= 15 is 0 Å². The largest absolute Gasteiger partial charge is 0.310 e. The summed E-state index contributed by atoms with van der Waals surface area (Å²) in [7, 11) is 0. The van der Waals surface area contributed by atoms with Crippen LogP contribution in [0, 0.1) is 12.8 Å². The van der Waals surface area contributed by atoms with Crippen molar-refractivity contribution < 1.29 is 4.79 Å². The molecule has 0 aliphatic heterocycles. The summed E-state index contributed by atoms with van der Waals surface area (Å²) < 4.78 is 1.98. The third-order valence-corrected chi connectivity index (χ3v) is 4.53. The van der Waals surface area contributed by atoms with Crippen LogP contribution in [-0.4, -0.2) is 15.3 Å². The second-order valence-corrected chi connectivity index (χ2v) is 6.23. The first kappa shape index (κ1) is 14.0. The molecule has 0 atom stereocenters. The quantitative estimate of drug-likeness (QED) is 0.793. The zero-order valence-corrected chi connectivity index (χ0v) is 13.1. The van der Waals surface area contributed by atoms with E-state index in [1.54, 1.807) is 0 Å². The van der Waals surface area contributed by atoms with Crippen molar-refractivity contribution in [3.8, 4) is 11.3 Å². The van der Waals surface area contributed by atoms with Gasteiger partial charge in [-0.15, -0.1) is 0 Å². The van der Waals surface area contributed by atoms with Gasteiger partial charge in [-0.3, -0.25) is 9.20 Å². The van der Waals surface area contributed by atoms with Gasteiger partial charge in [0.1, 0.15) is 17.2 Å². The van der Waals surface area contributed by atoms with E-state index in [0.29, 0.717) is 0 Å². The number of pyridine rings is 1. The third kappa shape index (κ3) is 2.50. The van der Waals surface area contributed by atoms with Crippen molar-refractivity contribution in [1.82, 2.24) is 9.38 Å². The second-order valence-electron chi connectivity index (χ2n) is 6.23. The summed E-state index contributed by atoms with van der Waals surface area (Å²) in [6.07, 6.45) is 5.14. The molecule has 1 fully saturated rings. The number of hydrogen-bond acceptors (Lipinski definition) is 2. The van der Waals surface area contributed by atoms with E-state index < -0.39 is 0 Å². The predicted molar refractivity (Wildman–Crippen MR) is 91.3 cm³/mol. The number of aryl methyl sites for hydroxylation is 1. The lowest BCUT2D eigenvalue weighted by molar-refractivity contribution is -0.122. The number of anilines is 1. The molecule has 1 saturated carbocycles. The van der Waals surface area contributed by atoms with E-state index in [0.717, 1.165) is 47.5 Å². The molecule has 0 spiro atoms. The summed E-state index contributed by atoms with van der Waals surface area (Å²) in [4.78, 5) is 17.2. The Hall–Kier alpha value is -2.62. The fraction of sp³-hybridized carbons (Fsp3) is 0.263. The van der Waals surface area contributed by atoms with Crippen LogP contribution < -0.4 is 5.32 Å². The van der Waals surface area contributed by atoms with Gasteiger partial charge in [0.25, 0.3) is 0 Å². The highest BCUT2D eigenvalue weighted by atomic mass is 16.2. The van der Waals surface area contributed by atoms with E-state index in [9.17, 15) is 4.79 Å². The summed E-state index contributed by atoms with van der Waals surface area (Å²) in [5.74, 6) is 1.03. The molecule has 1 aromatic carbocycles. The fourth-order valence-corrected chi connectivity index (χ4v) is 2.96. The summed E-state index contributed by atoms with van der Waals surface area (Å²) in [6.45, 7) is 2.04. The van der Waals surface area contributed by atoms with Crippen molar-refractivity contribution in [3.05, 3.63) is 54.2 Å². The molecule has 23 heavy (non-hydrogen) atoms. The van der Waals surface area contributed by atoms with Gasteiger partial charge >= 0.3 is 0 Å². The van der Waals surface area contributed by atoms with Crippen molar-refractivity contribution in [2.45, 2.75) is 26.2 Å². The molecule has 1 aliphatic carbocycles. The van der Waals surface area contributed by atoms with Crippen LogP contribution in [0.1, 0.15) is 24.8 Å². The van der Waals surface area contributed by atoms with Gasteiger partial charge < -0.3 is 5.32 Å². The Morgan fingerprint density at radius 1 is 1.17 bits per heavy atom. The van der Waals surface area contributed by atoms with Gasteiger partial charge in [0.2, 0.25) is 5.91 Å². The number of benzene rings is 1. The molecule has 2 heterocycles. The van der Waals surface area contributed by atoms with E-state index in [4.69, 9.17) is 4.98 Å². The Bertz CT molecular complexity index is 863. The Morgan fingerprint density at radius 3 is 2.65 bits per heavy atom. The molecule has 2 aromatic heterocycles. The van der Waals surface area contributed by atoms with E-state index in [1.807, 2.05) is 60.0 Å². The Labute approximate surface area is 135 Å². The highest BCUT2D eigenvalue weighted by molar-refractivity contribution is 5.96. The van der Waals surface area contributed by atoms with Gasteiger partial charge in [0, 0.05) is 17.7 Å². The van der Waals surface area contributed by atoms with Crippen molar-refractivity contribution >= 4 is 17.4 Å². The summed E-state index contributed by atoms with van der Waals surface area (Å²) >= 11 is 0. The highest BCUT2D eigenvalue weighted by Crippen LogP contribution is 2.32. The van der Waals surface area contributed by atoms with E-state index in [1.165, 1.54) is 0 Å². The lowest BCUT2D eigenvalue weighted by Crippen LogP contribution is -2.28. The maximum absolute atomic E-state index is 12.5. The smallest absolute Gasteiger partial charge is 0.228 e. The summed E-state index contributed by atoms with van der Waals surface area (Å²) in [6, 6.07) is 14.0. The maximum Gasteiger partial charge on any atom is 0.228 e. The topological polar surface area (TPSA) is 46.4 Å². The maximum atomic E-state index is 12.5. The first-order valence-electron chi connectivity index (χ1n) is 8.07. The minimum atomic E-state index is 0.108. The number of carbonyl (C=O) groups excluding carboxylic acids is 1. The normalized spacial score (nSPS) is 14.7. The first-order chi connectivity index (χ1) is 11.2. The molecule has 4 rings (SSSR count). The van der Waals surface area contributed by atoms with Crippen LogP contribution in [-0.2, 0) is 4.79 Å². The van der Waals surface area contributed by atoms with Crippen LogP contribution in [0.25, 0.3) is 16.9 Å². The lowest BCUT2D eigenvalue weighted by Gasteiger charge is -2.24. The average Bonchev–Trinajstić information content (AvgIpc) is 2.84. The minimum absolute atomic E-state index is 0.108. The van der Waals surface area contributed by atoms with Crippen LogP contribution >= 0.6 is 0 Å². The monoisotopic (exact) mass is 305 g/mol. The zero-order valence-electron chi connectivity index (χ0n) is 13.1. The SMILES string of the molecule is Cc1ccc2nc(-c3ccccc3)c(NC(=O)C3CCC3)n2c1. The number of nitrogens with one attached hydrogen (secondary N) is 1. The number of aromatic nitrogens is 2. The van der Waals surface area contributed by atoms with Gasteiger partial charge in [0.05, 0.1) is 0 Å². The number of carbonyl (C=O) groups is 1. The van der Waals surface area contributed by atoms with Gasteiger partial charge in [-0.25, -0.2) is 4.98 Å². The second kappa shape index (κ2) is 5.54. The van der Waals surface area contributed by atoms with Crippen LogP contribution in [0.15, 0.2) is 48.7 Å². The Balaban J connectivity index is 1.84. The molecule has 4 heteroatoms. The summed E-state index contributed by atoms with van der Waals surface area (Å²) in [5, 5.41) is 3.12. The number of rotatable bonds is 3. The van der Waals surface area contributed by atoms with E-state index in [2.05, 4.69) is 5.32 Å². The predicted octanol–water partition coefficient (Wildman–Crippen LogP) is 4.05. The number of nitrogens with zero attached hydrogens (tertiary/aromatic N) is 2. The van der Waals surface area contributed by atoms with Crippen LogP contribution in [0.2, 0.25) is 0 Å². The Morgan fingerprint density at radius 2 is 1.96 bits per heavy atom. The minimum Gasteiger partial charge on any atom is -0.310 e. The molecule has 116 valence electrons. The number of fused-ring (bicyclic) bond motifs is 1. The number of imidazole rings is 1.